The van der Waals surface area contributed by atoms with E-state index in [1.165, 1.54) is 0 Å². The number of rotatable bonds is 10. The maximum absolute atomic E-state index is 8.48. The summed E-state index contributed by atoms with van der Waals surface area (Å²) in [6.45, 7) is 8.91. The van der Waals surface area contributed by atoms with Gasteiger partial charge in [-0.3, -0.25) is 4.90 Å². The van der Waals surface area contributed by atoms with Crippen LogP contribution in [0.25, 0.3) is 0 Å². The highest BCUT2D eigenvalue weighted by atomic mass is 32.2. The summed E-state index contributed by atoms with van der Waals surface area (Å²) in [6, 6.07) is 0. The minimum Gasteiger partial charge on any atom is -0.395 e. The Morgan fingerprint density at radius 3 is 1.41 bits per heavy atom. The van der Waals surface area contributed by atoms with E-state index in [2.05, 4.69) is 13.2 Å². The quantitative estimate of drug-likeness (QED) is 0.392. The van der Waals surface area contributed by atoms with E-state index in [-0.39, 0.29) is 19.8 Å². The maximum atomic E-state index is 8.48. The molecule has 4 nitrogen and oxygen atoms in total. The fourth-order valence-electron chi connectivity index (χ4n) is 0.994. The Hall–Kier alpha value is -0.330. The van der Waals surface area contributed by atoms with E-state index in [9.17, 15) is 0 Å². The van der Waals surface area contributed by atoms with Gasteiger partial charge in [0.1, 0.15) is 0 Å². The van der Waals surface area contributed by atoms with E-state index < -0.39 is 0 Å². The molecule has 0 aromatic carbocycles. The minimum absolute atomic E-state index is 0.0694. The average Bonchev–Trinajstić information content (AvgIpc) is 2.32. The molecule has 0 aromatic heterocycles. The molecule has 0 rings (SSSR count). The highest BCUT2D eigenvalue weighted by molar-refractivity contribution is 7.99. The SMILES string of the molecule is C=CCSCC=C.OCCN(CCO)CCO. The van der Waals surface area contributed by atoms with E-state index in [4.69, 9.17) is 15.3 Å². The number of nitrogens with zero attached hydrogens (tertiary/aromatic N) is 1. The Labute approximate surface area is 109 Å². The molecule has 0 aromatic rings. The second-order valence-corrected chi connectivity index (χ2v) is 4.20. The molecule has 0 spiro atoms. The lowest BCUT2D eigenvalue weighted by Crippen LogP contribution is -2.32. The molecule has 0 saturated heterocycles. The number of hydrogen-bond donors (Lipinski definition) is 3. The summed E-state index contributed by atoms with van der Waals surface area (Å²) in [6.07, 6.45) is 3.79. The first-order chi connectivity index (χ1) is 8.26. The first-order valence-electron chi connectivity index (χ1n) is 5.61. The molecule has 0 fully saturated rings. The third-order valence-electron chi connectivity index (χ3n) is 1.72. The van der Waals surface area contributed by atoms with E-state index in [1.807, 2.05) is 23.9 Å². The van der Waals surface area contributed by atoms with Crippen molar-refractivity contribution in [3.05, 3.63) is 25.3 Å². The number of hydrogen-bond acceptors (Lipinski definition) is 5. The highest BCUT2D eigenvalue weighted by Gasteiger charge is 2.00. The molecule has 3 N–H and O–H groups in total. The van der Waals surface area contributed by atoms with Gasteiger partial charge in [0.25, 0.3) is 0 Å². The third-order valence-corrected chi connectivity index (χ3v) is 2.66. The van der Waals surface area contributed by atoms with Crippen molar-refractivity contribution < 1.29 is 15.3 Å². The van der Waals surface area contributed by atoms with Gasteiger partial charge in [0.2, 0.25) is 0 Å². The van der Waals surface area contributed by atoms with E-state index in [1.54, 1.807) is 4.90 Å². The zero-order valence-corrected chi connectivity index (χ0v) is 11.2. The van der Waals surface area contributed by atoms with Gasteiger partial charge < -0.3 is 15.3 Å². The summed E-state index contributed by atoms with van der Waals surface area (Å²) in [5, 5.41) is 25.5. The monoisotopic (exact) mass is 263 g/mol. The Balaban J connectivity index is 0. The van der Waals surface area contributed by atoms with Crippen molar-refractivity contribution in [3.63, 3.8) is 0 Å². The largest absolute Gasteiger partial charge is 0.395 e. The number of thioether (sulfide) groups is 1. The van der Waals surface area contributed by atoms with E-state index in [0.29, 0.717) is 19.6 Å². The zero-order valence-electron chi connectivity index (χ0n) is 10.4. The molecule has 102 valence electrons. The highest BCUT2D eigenvalue weighted by Crippen LogP contribution is 1.97. The van der Waals surface area contributed by atoms with Crippen LogP contribution in [0.4, 0.5) is 0 Å². The summed E-state index contributed by atoms with van der Waals surface area (Å²) in [5.74, 6) is 2.07. The van der Waals surface area contributed by atoms with Gasteiger partial charge in [0.05, 0.1) is 19.8 Å². The van der Waals surface area contributed by atoms with Crippen LogP contribution in [0.3, 0.4) is 0 Å². The molecule has 0 bridgehead atoms. The third kappa shape index (κ3) is 18.2. The Morgan fingerprint density at radius 2 is 1.18 bits per heavy atom. The second-order valence-electron chi connectivity index (χ2n) is 3.13. The number of aliphatic hydroxyl groups excluding tert-OH is 3. The van der Waals surface area contributed by atoms with Crippen molar-refractivity contribution in [2.24, 2.45) is 0 Å². The van der Waals surface area contributed by atoms with Gasteiger partial charge in [-0.05, 0) is 0 Å². The lowest BCUT2D eigenvalue weighted by Gasteiger charge is -2.17. The van der Waals surface area contributed by atoms with Gasteiger partial charge in [-0.15, -0.1) is 13.2 Å². The van der Waals surface area contributed by atoms with Gasteiger partial charge in [0, 0.05) is 31.1 Å². The summed E-state index contributed by atoms with van der Waals surface area (Å²) in [5.41, 5.74) is 0. The summed E-state index contributed by atoms with van der Waals surface area (Å²) in [7, 11) is 0. The normalized spacial score (nSPS) is 9.65. The molecule has 0 aliphatic carbocycles. The van der Waals surface area contributed by atoms with Crippen molar-refractivity contribution in [2.75, 3.05) is 51.0 Å². The molecule has 5 heteroatoms. The summed E-state index contributed by atoms with van der Waals surface area (Å²) in [4.78, 5) is 1.79. The smallest absolute Gasteiger partial charge is 0.0558 e. The fourth-order valence-corrected chi connectivity index (χ4v) is 1.46. The average molecular weight is 263 g/mol. The maximum Gasteiger partial charge on any atom is 0.0558 e. The zero-order chi connectivity index (χ0) is 13.4. The molecular weight excluding hydrogens is 238 g/mol. The van der Waals surface area contributed by atoms with Crippen molar-refractivity contribution in [2.45, 2.75) is 0 Å². The van der Waals surface area contributed by atoms with Gasteiger partial charge in [0.15, 0.2) is 0 Å². The number of aliphatic hydroxyl groups is 3. The van der Waals surface area contributed by atoms with Crippen LogP contribution in [0.15, 0.2) is 25.3 Å². The predicted molar refractivity (Wildman–Crippen MR) is 75.4 cm³/mol. The fraction of sp³-hybridized carbons (Fsp3) is 0.667. The molecule has 0 aliphatic heterocycles. The van der Waals surface area contributed by atoms with Crippen LogP contribution >= 0.6 is 11.8 Å². The van der Waals surface area contributed by atoms with Crippen LogP contribution in [0, 0.1) is 0 Å². The van der Waals surface area contributed by atoms with Gasteiger partial charge in [-0.25, -0.2) is 0 Å². The predicted octanol–water partition coefficient (Wildman–Crippen LogP) is 0.357. The van der Waals surface area contributed by atoms with Crippen LogP contribution < -0.4 is 0 Å². The van der Waals surface area contributed by atoms with Crippen molar-refractivity contribution >= 4 is 11.8 Å². The van der Waals surface area contributed by atoms with Crippen molar-refractivity contribution in [1.29, 1.82) is 0 Å². The molecule has 0 unspecified atom stereocenters. The van der Waals surface area contributed by atoms with Crippen LogP contribution in [0.1, 0.15) is 0 Å². The first kappa shape index (κ1) is 19.0. The molecule has 0 aliphatic rings. The van der Waals surface area contributed by atoms with E-state index >= 15 is 0 Å². The second kappa shape index (κ2) is 18.0. The van der Waals surface area contributed by atoms with Gasteiger partial charge in [-0.1, -0.05) is 12.2 Å². The molecule has 0 atom stereocenters. The summed E-state index contributed by atoms with van der Waals surface area (Å²) >= 11 is 1.82. The van der Waals surface area contributed by atoms with Crippen LogP contribution in [-0.2, 0) is 0 Å². The van der Waals surface area contributed by atoms with Crippen molar-refractivity contribution in [3.8, 4) is 0 Å². The van der Waals surface area contributed by atoms with Crippen LogP contribution in [0.2, 0.25) is 0 Å². The first-order valence-corrected chi connectivity index (χ1v) is 6.76. The molecule has 0 heterocycles. The van der Waals surface area contributed by atoms with Gasteiger partial charge in [-0.2, -0.15) is 11.8 Å². The topological polar surface area (TPSA) is 63.9 Å². The van der Waals surface area contributed by atoms with Crippen LogP contribution in [-0.4, -0.2) is 71.2 Å². The van der Waals surface area contributed by atoms with E-state index in [0.717, 1.165) is 11.5 Å². The molecule has 0 amide bonds. The Bertz CT molecular complexity index is 146. The molecular formula is C12H25NO3S. The Kier molecular flexibility index (Phi) is 20.2. The summed E-state index contributed by atoms with van der Waals surface area (Å²) < 4.78 is 0. The lowest BCUT2D eigenvalue weighted by atomic mass is 10.4. The van der Waals surface area contributed by atoms with Crippen LogP contribution in [0.5, 0.6) is 0 Å². The van der Waals surface area contributed by atoms with Gasteiger partial charge >= 0.3 is 0 Å². The lowest BCUT2D eigenvalue weighted by molar-refractivity contribution is 0.136. The molecule has 0 radical (unpaired) electrons. The standard InChI is InChI=1S/C6H15NO3.C6H10S/c8-4-1-7(2-5-9)3-6-10;1-3-5-7-6-4-2/h8-10H,1-6H2;3-4H,1-2,5-6H2. The minimum atomic E-state index is 0.0694. The molecule has 0 saturated carbocycles. The Morgan fingerprint density at radius 1 is 0.824 bits per heavy atom. The molecule has 17 heavy (non-hydrogen) atoms. The van der Waals surface area contributed by atoms with Crippen molar-refractivity contribution in [1.82, 2.24) is 4.90 Å².